The molecule has 31 heavy (non-hydrogen) atoms. The van der Waals surface area contributed by atoms with Crippen molar-refractivity contribution in [3.8, 4) is 11.3 Å². The predicted octanol–water partition coefficient (Wildman–Crippen LogP) is 3.75. The molecule has 170 valence electrons. The first kappa shape index (κ1) is 23.6. The van der Waals surface area contributed by atoms with Crippen LogP contribution in [0.25, 0.3) is 11.3 Å². The second-order valence-electron chi connectivity index (χ2n) is 7.81. The zero-order chi connectivity index (χ0) is 22.8. The van der Waals surface area contributed by atoms with E-state index in [1.165, 1.54) is 6.07 Å². The van der Waals surface area contributed by atoms with E-state index in [9.17, 15) is 23.1 Å². The number of hydrogen-bond donors (Lipinski definition) is 2. The van der Waals surface area contributed by atoms with Crippen LogP contribution in [0.3, 0.4) is 0 Å². The number of carbonyl (C=O) groups is 1. The lowest BCUT2D eigenvalue weighted by atomic mass is 10.1. The number of aliphatic hydroxyl groups is 1. The number of halogens is 4. The number of alkyl halides is 3. The lowest BCUT2D eigenvalue weighted by molar-refractivity contribution is -0.156. The first-order valence-corrected chi connectivity index (χ1v) is 10.3. The van der Waals surface area contributed by atoms with Crippen molar-refractivity contribution in [2.24, 2.45) is 0 Å². The molecule has 1 fully saturated rings. The SMILES string of the molecule is CC(C)NC(=O)CN1CCN(C(O)c2cc(-c3ccc(Cl)cc3)oc2C(F)(F)F)CC1. The Kier molecular flexibility index (Phi) is 7.31. The number of benzene rings is 1. The van der Waals surface area contributed by atoms with Crippen LogP contribution in [0.4, 0.5) is 13.2 Å². The summed E-state index contributed by atoms with van der Waals surface area (Å²) in [6.45, 7) is 5.48. The topological polar surface area (TPSA) is 69.0 Å². The number of furan rings is 1. The molecular formula is C21H25ClF3N3O3. The summed E-state index contributed by atoms with van der Waals surface area (Å²) in [7, 11) is 0. The molecule has 1 aromatic heterocycles. The molecule has 1 saturated heterocycles. The molecule has 0 aliphatic carbocycles. The van der Waals surface area contributed by atoms with E-state index in [-0.39, 0.29) is 29.8 Å². The molecule has 6 nitrogen and oxygen atoms in total. The minimum Gasteiger partial charge on any atom is -0.451 e. The van der Waals surface area contributed by atoms with E-state index in [0.29, 0.717) is 36.8 Å². The second-order valence-corrected chi connectivity index (χ2v) is 8.24. The molecule has 0 spiro atoms. The van der Waals surface area contributed by atoms with Crippen LogP contribution in [0.15, 0.2) is 34.7 Å². The van der Waals surface area contributed by atoms with E-state index in [0.717, 1.165) is 0 Å². The van der Waals surface area contributed by atoms with Crippen molar-refractivity contribution in [2.45, 2.75) is 32.3 Å². The number of hydrogen-bond acceptors (Lipinski definition) is 5. The minimum absolute atomic E-state index is 0.00188. The van der Waals surface area contributed by atoms with Crippen LogP contribution in [0, 0.1) is 0 Å². The number of nitrogens with one attached hydrogen (secondary N) is 1. The van der Waals surface area contributed by atoms with E-state index in [1.54, 1.807) is 29.2 Å². The fourth-order valence-electron chi connectivity index (χ4n) is 3.51. The molecule has 0 bridgehead atoms. The Balaban J connectivity index is 1.73. The van der Waals surface area contributed by atoms with Gasteiger partial charge < -0.3 is 14.8 Å². The highest BCUT2D eigenvalue weighted by molar-refractivity contribution is 6.30. The molecule has 1 aliphatic rings. The number of carbonyl (C=O) groups excluding carboxylic acids is 1. The van der Waals surface area contributed by atoms with Gasteiger partial charge in [0.2, 0.25) is 11.7 Å². The van der Waals surface area contributed by atoms with Gasteiger partial charge in [-0.3, -0.25) is 14.6 Å². The van der Waals surface area contributed by atoms with Crippen LogP contribution in [-0.2, 0) is 11.0 Å². The van der Waals surface area contributed by atoms with Gasteiger partial charge in [0.05, 0.1) is 6.54 Å². The van der Waals surface area contributed by atoms with Gasteiger partial charge in [-0.2, -0.15) is 13.2 Å². The van der Waals surface area contributed by atoms with Gasteiger partial charge in [-0.25, -0.2) is 0 Å². The summed E-state index contributed by atoms with van der Waals surface area (Å²) in [5.41, 5.74) is 0.0952. The van der Waals surface area contributed by atoms with Crippen LogP contribution < -0.4 is 5.32 Å². The maximum atomic E-state index is 13.6. The summed E-state index contributed by atoms with van der Waals surface area (Å²) in [5, 5.41) is 14.0. The van der Waals surface area contributed by atoms with Gasteiger partial charge in [0.25, 0.3) is 0 Å². The number of rotatable bonds is 6. The summed E-state index contributed by atoms with van der Waals surface area (Å²) < 4.78 is 45.9. The summed E-state index contributed by atoms with van der Waals surface area (Å²) in [5.74, 6) is -1.32. The van der Waals surface area contributed by atoms with Gasteiger partial charge in [-0.1, -0.05) is 11.6 Å². The van der Waals surface area contributed by atoms with E-state index >= 15 is 0 Å². The van der Waals surface area contributed by atoms with Gasteiger partial charge in [0.15, 0.2) is 0 Å². The number of aliphatic hydroxyl groups excluding tert-OH is 1. The molecule has 1 aliphatic heterocycles. The highest BCUT2D eigenvalue weighted by Gasteiger charge is 2.41. The van der Waals surface area contributed by atoms with Crippen LogP contribution in [-0.4, -0.2) is 59.6 Å². The zero-order valence-electron chi connectivity index (χ0n) is 17.2. The van der Waals surface area contributed by atoms with Gasteiger partial charge in [0, 0.05) is 48.4 Å². The third kappa shape index (κ3) is 6.00. The minimum atomic E-state index is -4.75. The van der Waals surface area contributed by atoms with E-state index < -0.39 is 18.2 Å². The van der Waals surface area contributed by atoms with E-state index in [1.807, 2.05) is 18.7 Å². The van der Waals surface area contributed by atoms with E-state index in [4.69, 9.17) is 16.0 Å². The van der Waals surface area contributed by atoms with Crippen molar-refractivity contribution in [1.29, 1.82) is 0 Å². The lowest BCUT2D eigenvalue weighted by Crippen LogP contribution is -2.50. The normalized spacial score (nSPS) is 17.2. The Morgan fingerprint density at radius 3 is 2.35 bits per heavy atom. The van der Waals surface area contributed by atoms with Gasteiger partial charge >= 0.3 is 6.18 Å². The van der Waals surface area contributed by atoms with Gasteiger partial charge in [-0.05, 0) is 44.2 Å². The molecule has 0 radical (unpaired) electrons. The first-order chi connectivity index (χ1) is 14.5. The molecule has 10 heteroatoms. The van der Waals surface area contributed by atoms with Crippen molar-refractivity contribution in [3.05, 3.63) is 46.7 Å². The maximum Gasteiger partial charge on any atom is 0.449 e. The Labute approximate surface area is 183 Å². The Morgan fingerprint density at radius 1 is 1.19 bits per heavy atom. The molecule has 1 unspecified atom stereocenters. The number of amides is 1. The fraction of sp³-hybridized carbons (Fsp3) is 0.476. The van der Waals surface area contributed by atoms with Crippen LogP contribution >= 0.6 is 11.6 Å². The van der Waals surface area contributed by atoms with Gasteiger partial charge in [0.1, 0.15) is 12.0 Å². The molecule has 1 atom stereocenters. The zero-order valence-corrected chi connectivity index (χ0v) is 18.0. The first-order valence-electron chi connectivity index (χ1n) is 9.95. The predicted molar refractivity (Wildman–Crippen MR) is 110 cm³/mol. The number of piperazine rings is 1. The highest BCUT2D eigenvalue weighted by atomic mass is 35.5. The maximum absolute atomic E-state index is 13.6. The van der Waals surface area contributed by atoms with Crippen LogP contribution in [0.5, 0.6) is 0 Å². The third-order valence-electron chi connectivity index (χ3n) is 4.99. The molecule has 3 rings (SSSR count). The van der Waals surface area contributed by atoms with Crippen molar-refractivity contribution < 1.29 is 27.5 Å². The van der Waals surface area contributed by atoms with Crippen LogP contribution in [0.1, 0.15) is 31.4 Å². The van der Waals surface area contributed by atoms with Crippen molar-refractivity contribution in [1.82, 2.24) is 15.1 Å². The lowest BCUT2D eigenvalue weighted by Gasteiger charge is -2.36. The molecule has 0 saturated carbocycles. The average Bonchev–Trinajstić information content (AvgIpc) is 3.14. The van der Waals surface area contributed by atoms with Gasteiger partial charge in [-0.15, -0.1) is 0 Å². The largest absolute Gasteiger partial charge is 0.451 e. The molecule has 1 aromatic carbocycles. The summed E-state index contributed by atoms with van der Waals surface area (Å²) in [6, 6.07) is 7.47. The summed E-state index contributed by atoms with van der Waals surface area (Å²) >= 11 is 5.84. The third-order valence-corrected chi connectivity index (χ3v) is 5.25. The van der Waals surface area contributed by atoms with Crippen molar-refractivity contribution in [2.75, 3.05) is 32.7 Å². The summed E-state index contributed by atoms with van der Waals surface area (Å²) in [4.78, 5) is 15.4. The Morgan fingerprint density at radius 2 is 1.81 bits per heavy atom. The molecule has 1 amide bonds. The quantitative estimate of drug-likeness (QED) is 0.688. The Hall–Kier alpha value is -2.07. The fourth-order valence-corrected chi connectivity index (χ4v) is 3.63. The molecule has 2 N–H and O–H groups in total. The van der Waals surface area contributed by atoms with E-state index in [2.05, 4.69) is 5.32 Å². The number of nitrogens with zero attached hydrogens (tertiary/aromatic N) is 2. The highest BCUT2D eigenvalue weighted by Crippen LogP contribution is 2.40. The Bertz CT molecular complexity index is 892. The standard InChI is InChI=1S/C21H25ClF3N3O3/c1-13(2)26-18(29)12-27-7-9-28(10-8-27)20(30)16-11-17(31-19(16)21(23,24)25)14-3-5-15(22)6-4-14/h3-6,11,13,20,30H,7-10,12H2,1-2H3,(H,26,29). The van der Waals surface area contributed by atoms with Crippen molar-refractivity contribution in [3.63, 3.8) is 0 Å². The monoisotopic (exact) mass is 459 g/mol. The average molecular weight is 460 g/mol. The molecule has 2 aromatic rings. The molecule has 2 heterocycles. The van der Waals surface area contributed by atoms with Crippen molar-refractivity contribution >= 4 is 17.5 Å². The second kappa shape index (κ2) is 9.60. The summed E-state index contributed by atoms with van der Waals surface area (Å²) in [6.07, 6.45) is -6.23. The molecular weight excluding hydrogens is 435 g/mol. The smallest absolute Gasteiger partial charge is 0.449 e. The van der Waals surface area contributed by atoms with Crippen LogP contribution in [0.2, 0.25) is 5.02 Å².